The topological polar surface area (TPSA) is 48.5 Å². The largest absolute Gasteiger partial charge is 0.370 e. The molecule has 2 heterocycles. The van der Waals surface area contributed by atoms with Crippen LogP contribution in [-0.4, -0.2) is 60.0 Å². The van der Waals surface area contributed by atoms with Crippen LogP contribution >= 0.6 is 0 Å². The van der Waals surface area contributed by atoms with E-state index in [1.807, 2.05) is 23.1 Å². The molecule has 138 valence electrons. The van der Waals surface area contributed by atoms with Gasteiger partial charge in [-0.1, -0.05) is 37.3 Å². The second-order valence-corrected chi connectivity index (χ2v) is 6.67. The number of pyridine rings is 1. The van der Waals surface area contributed by atoms with Gasteiger partial charge in [-0.05, 0) is 37.1 Å². The first-order chi connectivity index (χ1) is 12.8. The van der Waals surface area contributed by atoms with E-state index < -0.39 is 0 Å². The molecule has 0 radical (unpaired) electrons. The molecular formula is C21H28N4O. The third-order valence-corrected chi connectivity index (χ3v) is 4.90. The maximum absolute atomic E-state index is 12.7. The van der Waals surface area contributed by atoms with Crippen LogP contribution in [0.15, 0.2) is 48.7 Å². The monoisotopic (exact) mass is 352 g/mol. The van der Waals surface area contributed by atoms with Crippen molar-refractivity contribution in [3.63, 3.8) is 0 Å². The number of benzene rings is 1. The number of amides is 1. The van der Waals surface area contributed by atoms with Gasteiger partial charge < -0.3 is 15.1 Å². The number of anilines is 1. The fraction of sp³-hybridized carbons (Fsp3) is 0.429. The minimum Gasteiger partial charge on any atom is -0.370 e. The second-order valence-electron chi connectivity index (χ2n) is 6.67. The van der Waals surface area contributed by atoms with E-state index >= 15 is 0 Å². The molecule has 5 heteroatoms. The van der Waals surface area contributed by atoms with Gasteiger partial charge in [-0.3, -0.25) is 4.79 Å². The number of hydrogen-bond acceptors (Lipinski definition) is 4. The summed E-state index contributed by atoms with van der Waals surface area (Å²) >= 11 is 0. The minimum atomic E-state index is 0.107. The molecule has 1 N–H and O–H groups in total. The molecule has 2 aromatic rings. The maximum atomic E-state index is 12.7. The normalized spacial score (nSPS) is 15.0. The van der Waals surface area contributed by atoms with Gasteiger partial charge in [-0.2, -0.15) is 0 Å². The van der Waals surface area contributed by atoms with Gasteiger partial charge in [0.1, 0.15) is 5.82 Å². The van der Waals surface area contributed by atoms with Crippen molar-refractivity contribution in [3.05, 3.63) is 59.8 Å². The van der Waals surface area contributed by atoms with Crippen molar-refractivity contribution in [2.24, 2.45) is 0 Å². The van der Waals surface area contributed by atoms with E-state index in [9.17, 15) is 4.79 Å². The molecule has 0 aliphatic carbocycles. The van der Waals surface area contributed by atoms with Crippen molar-refractivity contribution >= 4 is 11.7 Å². The van der Waals surface area contributed by atoms with Crippen LogP contribution in [0.25, 0.3) is 0 Å². The highest BCUT2D eigenvalue weighted by Crippen LogP contribution is 2.12. The zero-order valence-electron chi connectivity index (χ0n) is 15.5. The number of nitrogens with zero attached hydrogens (tertiary/aromatic N) is 3. The molecule has 5 nitrogen and oxygen atoms in total. The Morgan fingerprint density at radius 2 is 1.88 bits per heavy atom. The first-order valence-electron chi connectivity index (χ1n) is 9.51. The van der Waals surface area contributed by atoms with Crippen LogP contribution in [0.3, 0.4) is 0 Å². The smallest absolute Gasteiger partial charge is 0.254 e. The molecule has 1 aliphatic rings. The van der Waals surface area contributed by atoms with E-state index in [0.29, 0.717) is 0 Å². The van der Waals surface area contributed by atoms with Crippen LogP contribution in [0.2, 0.25) is 0 Å². The van der Waals surface area contributed by atoms with Crippen molar-refractivity contribution in [1.29, 1.82) is 0 Å². The Kier molecular flexibility index (Phi) is 6.61. The molecular weight excluding hydrogens is 324 g/mol. The highest BCUT2D eigenvalue weighted by atomic mass is 16.2. The quantitative estimate of drug-likeness (QED) is 0.779. The summed E-state index contributed by atoms with van der Waals surface area (Å²) in [5, 5.41) is 3.34. The van der Waals surface area contributed by atoms with E-state index in [-0.39, 0.29) is 5.91 Å². The Morgan fingerprint density at radius 3 is 2.62 bits per heavy atom. The van der Waals surface area contributed by atoms with Gasteiger partial charge >= 0.3 is 0 Å². The maximum Gasteiger partial charge on any atom is 0.254 e. The van der Waals surface area contributed by atoms with Crippen LogP contribution in [0.1, 0.15) is 29.3 Å². The van der Waals surface area contributed by atoms with E-state index in [0.717, 1.165) is 63.5 Å². The third-order valence-electron chi connectivity index (χ3n) is 4.90. The number of carbonyl (C=O) groups excluding carboxylic acids is 1. The number of nitrogens with one attached hydrogen (secondary N) is 1. The number of aryl methyl sites for hydroxylation is 1. The van der Waals surface area contributed by atoms with Crippen LogP contribution in [0.4, 0.5) is 5.82 Å². The van der Waals surface area contributed by atoms with E-state index in [1.165, 1.54) is 5.56 Å². The molecule has 26 heavy (non-hydrogen) atoms. The fourth-order valence-corrected chi connectivity index (χ4v) is 3.26. The molecule has 1 amide bonds. The molecule has 0 atom stereocenters. The molecule has 0 spiro atoms. The van der Waals surface area contributed by atoms with Crippen molar-refractivity contribution in [3.8, 4) is 0 Å². The van der Waals surface area contributed by atoms with Gasteiger partial charge in [0.05, 0.1) is 0 Å². The fourth-order valence-electron chi connectivity index (χ4n) is 3.26. The summed E-state index contributed by atoms with van der Waals surface area (Å²) in [7, 11) is 0. The van der Waals surface area contributed by atoms with Crippen molar-refractivity contribution in [1.82, 2.24) is 14.8 Å². The highest BCUT2D eigenvalue weighted by molar-refractivity contribution is 5.94. The Bertz CT molecular complexity index is 696. The lowest BCUT2D eigenvalue weighted by molar-refractivity contribution is 0.0643. The molecule has 0 saturated carbocycles. The number of likely N-dealkylation sites (N-methyl/N-ethyl adjacent to an activating group) is 1. The number of piperazine rings is 1. The number of hydrogen-bond donors (Lipinski definition) is 1. The Labute approximate surface area is 156 Å². The molecule has 1 aromatic heterocycles. The second kappa shape index (κ2) is 9.34. The van der Waals surface area contributed by atoms with Gasteiger partial charge in [-0.25, -0.2) is 4.98 Å². The lowest BCUT2D eigenvalue weighted by Gasteiger charge is -2.34. The SMILES string of the molecule is CCN1CCN(C(=O)c2ccnc(NCCCc3ccccc3)c2)CC1. The zero-order chi connectivity index (χ0) is 18.2. The number of rotatable bonds is 7. The lowest BCUT2D eigenvalue weighted by Crippen LogP contribution is -2.48. The minimum absolute atomic E-state index is 0.107. The molecule has 0 bridgehead atoms. The lowest BCUT2D eigenvalue weighted by atomic mass is 10.1. The van der Waals surface area contributed by atoms with Gasteiger partial charge in [0.15, 0.2) is 0 Å². The van der Waals surface area contributed by atoms with Crippen LogP contribution in [0, 0.1) is 0 Å². The predicted molar refractivity (Wildman–Crippen MR) is 106 cm³/mol. The summed E-state index contributed by atoms with van der Waals surface area (Å²) in [5.74, 6) is 0.881. The van der Waals surface area contributed by atoms with Crippen molar-refractivity contribution in [2.75, 3.05) is 44.6 Å². The molecule has 1 aromatic carbocycles. The third kappa shape index (κ3) is 5.05. The standard InChI is InChI=1S/C21H28N4O/c1-2-24-13-15-25(16-14-24)21(26)19-10-12-23-20(17-19)22-11-6-9-18-7-4-3-5-8-18/h3-5,7-8,10,12,17H,2,6,9,11,13-16H2,1H3,(H,22,23). The highest BCUT2D eigenvalue weighted by Gasteiger charge is 2.21. The Morgan fingerprint density at radius 1 is 1.12 bits per heavy atom. The first kappa shape index (κ1) is 18.4. The molecule has 1 aliphatic heterocycles. The van der Waals surface area contributed by atoms with Crippen molar-refractivity contribution in [2.45, 2.75) is 19.8 Å². The van der Waals surface area contributed by atoms with Gasteiger partial charge in [-0.15, -0.1) is 0 Å². The summed E-state index contributed by atoms with van der Waals surface area (Å²) in [6.45, 7) is 7.57. The van der Waals surface area contributed by atoms with Gasteiger partial charge in [0, 0.05) is 44.5 Å². The molecule has 1 fully saturated rings. The molecule has 3 rings (SSSR count). The average Bonchev–Trinajstić information content (AvgIpc) is 2.72. The molecule has 0 unspecified atom stereocenters. The summed E-state index contributed by atoms with van der Waals surface area (Å²) in [4.78, 5) is 21.4. The van der Waals surface area contributed by atoms with Gasteiger partial charge in [0.2, 0.25) is 0 Å². The predicted octanol–water partition coefficient (Wildman–Crippen LogP) is 2.90. The average molecular weight is 352 g/mol. The first-order valence-corrected chi connectivity index (χ1v) is 9.51. The summed E-state index contributed by atoms with van der Waals surface area (Å²) in [6.07, 6.45) is 3.78. The van der Waals surface area contributed by atoms with E-state index in [1.54, 1.807) is 6.20 Å². The Balaban J connectivity index is 1.49. The molecule has 1 saturated heterocycles. The number of aromatic nitrogens is 1. The summed E-state index contributed by atoms with van der Waals surface area (Å²) in [5.41, 5.74) is 2.06. The van der Waals surface area contributed by atoms with Crippen LogP contribution in [0.5, 0.6) is 0 Å². The van der Waals surface area contributed by atoms with Crippen molar-refractivity contribution < 1.29 is 4.79 Å². The zero-order valence-corrected chi connectivity index (χ0v) is 15.5. The Hall–Kier alpha value is -2.40. The van der Waals surface area contributed by atoms with E-state index in [2.05, 4.69) is 46.4 Å². The van der Waals surface area contributed by atoms with Crippen LogP contribution < -0.4 is 5.32 Å². The summed E-state index contributed by atoms with van der Waals surface area (Å²) in [6, 6.07) is 14.2. The van der Waals surface area contributed by atoms with Gasteiger partial charge in [0.25, 0.3) is 5.91 Å². The summed E-state index contributed by atoms with van der Waals surface area (Å²) < 4.78 is 0. The number of carbonyl (C=O) groups is 1. The van der Waals surface area contributed by atoms with Crippen LogP contribution in [-0.2, 0) is 6.42 Å². The van der Waals surface area contributed by atoms with E-state index in [4.69, 9.17) is 0 Å².